The van der Waals surface area contributed by atoms with Gasteiger partial charge in [0.15, 0.2) is 0 Å². The summed E-state index contributed by atoms with van der Waals surface area (Å²) in [4.78, 5) is 37.4. The van der Waals surface area contributed by atoms with Crippen LogP contribution >= 0.6 is 0 Å². The standard InChI is InChI=1S/C19H19FN4O5S/c1-11-3-6-14(20)16(7-11)30(28,29)22-15-8-12(18(21)26)4-5-13(15)9-24-17(25)10-23(2)19(24)27/h3-8,22H,9-10H2,1-2H3,(H2,21,26). The van der Waals surface area contributed by atoms with Gasteiger partial charge in [0.2, 0.25) is 5.91 Å². The van der Waals surface area contributed by atoms with Gasteiger partial charge < -0.3 is 10.6 Å². The highest BCUT2D eigenvalue weighted by Crippen LogP contribution is 2.26. The number of nitrogens with two attached hydrogens (primary N) is 1. The molecule has 3 N–H and O–H groups in total. The number of anilines is 1. The Bertz CT molecular complexity index is 1170. The van der Waals surface area contributed by atoms with Crippen LogP contribution in [0.25, 0.3) is 0 Å². The van der Waals surface area contributed by atoms with E-state index in [1.165, 1.54) is 36.2 Å². The van der Waals surface area contributed by atoms with Gasteiger partial charge in [0.25, 0.3) is 15.9 Å². The number of aryl methyl sites for hydroxylation is 1. The first kappa shape index (κ1) is 21.2. The number of carbonyl (C=O) groups is 3. The summed E-state index contributed by atoms with van der Waals surface area (Å²) >= 11 is 0. The van der Waals surface area contributed by atoms with E-state index in [9.17, 15) is 27.2 Å². The van der Waals surface area contributed by atoms with Gasteiger partial charge in [0, 0.05) is 12.6 Å². The van der Waals surface area contributed by atoms with Gasteiger partial charge in [-0.15, -0.1) is 0 Å². The number of nitrogens with zero attached hydrogens (tertiary/aromatic N) is 2. The Balaban J connectivity index is 2.03. The number of urea groups is 1. The minimum absolute atomic E-state index is 0.00245. The molecule has 1 saturated heterocycles. The van der Waals surface area contributed by atoms with Crippen LogP contribution in [0.4, 0.5) is 14.9 Å². The molecule has 2 aromatic carbocycles. The van der Waals surface area contributed by atoms with Crippen molar-refractivity contribution in [2.75, 3.05) is 18.3 Å². The number of amides is 4. The molecule has 0 bridgehead atoms. The summed E-state index contributed by atoms with van der Waals surface area (Å²) in [6, 6.07) is 6.98. The molecule has 0 unspecified atom stereocenters. The highest BCUT2D eigenvalue weighted by molar-refractivity contribution is 7.92. The number of primary amides is 1. The maximum atomic E-state index is 14.2. The lowest BCUT2D eigenvalue weighted by Gasteiger charge is -2.18. The molecule has 1 fully saturated rings. The molecule has 158 valence electrons. The zero-order valence-corrected chi connectivity index (χ0v) is 17.0. The van der Waals surface area contributed by atoms with Crippen molar-refractivity contribution in [1.29, 1.82) is 0 Å². The molecule has 0 aromatic heterocycles. The second-order valence-corrected chi connectivity index (χ2v) is 8.54. The molecule has 0 atom stereocenters. The fourth-order valence-corrected chi connectivity index (χ4v) is 4.23. The minimum atomic E-state index is -4.38. The van der Waals surface area contributed by atoms with Gasteiger partial charge in [-0.05, 0) is 42.3 Å². The molecule has 3 rings (SSSR count). The number of likely N-dealkylation sites (N-methyl/N-ethyl adjacent to an activating group) is 1. The SMILES string of the molecule is Cc1ccc(F)c(S(=O)(=O)Nc2cc(C(N)=O)ccc2CN2C(=O)CN(C)C2=O)c1. The van der Waals surface area contributed by atoms with Crippen LogP contribution in [0.1, 0.15) is 21.5 Å². The molecule has 1 aliphatic rings. The fourth-order valence-electron chi connectivity index (χ4n) is 2.97. The average molecular weight is 434 g/mol. The molecule has 0 aliphatic carbocycles. The van der Waals surface area contributed by atoms with E-state index >= 15 is 0 Å². The highest BCUT2D eigenvalue weighted by atomic mass is 32.2. The van der Waals surface area contributed by atoms with Crippen LogP contribution in [0, 0.1) is 12.7 Å². The number of nitrogens with one attached hydrogen (secondary N) is 1. The van der Waals surface area contributed by atoms with Gasteiger partial charge in [-0.2, -0.15) is 0 Å². The third-order valence-electron chi connectivity index (χ3n) is 4.57. The predicted octanol–water partition coefficient (Wildman–Crippen LogP) is 1.43. The molecular formula is C19H19FN4O5S. The summed E-state index contributed by atoms with van der Waals surface area (Å²) in [6.45, 7) is 1.27. The van der Waals surface area contributed by atoms with Crippen LogP contribution < -0.4 is 10.5 Å². The predicted molar refractivity (Wildman–Crippen MR) is 105 cm³/mol. The second-order valence-electron chi connectivity index (χ2n) is 6.89. The number of carbonyl (C=O) groups excluding carboxylic acids is 3. The van der Waals surface area contributed by atoms with Crippen molar-refractivity contribution in [3.63, 3.8) is 0 Å². The summed E-state index contributed by atoms with van der Waals surface area (Å²) in [5.41, 5.74) is 5.94. The van der Waals surface area contributed by atoms with Gasteiger partial charge in [0.05, 0.1) is 12.2 Å². The van der Waals surface area contributed by atoms with Crippen LogP contribution in [-0.4, -0.2) is 49.7 Å². The van der Waals surface area contributed by atoms with Crippen LogP contribution in [0.3, 0.4) is 0 Å². The maximum Gasteiger partial charge on any atom is 0.327 e. The molecule has 4 amide bonds. The van der Waals surface area contributed by atoms with Crippen molar-refractivity contribution in [2.24, 2.45) is 5.73 Å². The number of sulfonamides is 1. The molecule has 1 aliphatic heterocycles. The molecule has 0 radical (unpaired) electrons. The Kier molecular flexibility index (Phi) is 5.49. The van der Waals surface area contributed by atoms with E-state index in [1.54, 1.807) is 6.92 Å². The Labute approximate surface area is 172 Å². The number of hydrogen-bond acceptors (Lipinski definition) is 5. The van der Waals surface area contributed by atoms with E-state index in [0.29, 0.717) is 5.56 Å². The first-order chi connectivity index (χ1) is 14.0. The molecule has 0 spiro atoms. The molecule has 1 heterocycles. The summed E-state index contributed by atoms with van der Waals surface area (Å²) in [5, 5.41) is 0. The van der Waals surface area contributed by atoms with E-state index in [1.807, 2.05) is 0 Å². The molecule has 2 aromatic rings. The number of imide groups is 1. The van der Waals surface area contributed by atoms with Crippen LogP contribution in [-0.2, 0) is 21.4 Å². The molecule has 9 nitrogen and oxygen atoms in total. The van der Waals surface area contributed by atoms with Crippen LogP contribution in [0.15, 0.2) is 41.3 Å². The molecule has 30 heavy (non-hydrogen) atoms. The van der Waals surface area contributed by atoms with Gasteiger partial charge in [-0.3, -0.25) is 19.2 Å². The zero-order valence-electron chi connectivity index (χ0n) is 16.2. The monoisotopic (exact) mass is 434 g/mol. The van der Waals surface area contributed by atoms with E-state index < -0.39 is 38.6 Å². The maximum absolute atomic E-state index is 14.2. The number of rotatable bonds is 6. The third-order valence-corrected chi connectivity index (χ3v) is 5.95. The number of hydrogen-bond donors (Lipinski definition) is 2. The topological polar surface area (TPSA) is 130 Å². The zero-order chi connectivity index (χ0) is 22.2. The van der Waals surface area contributed by atoms with Crippen LogP contribution in [0.2, 0.25) is 0 Å². The van der Waals surface area contributed by atoms with E-state index in [2.05, 4.69) is 4.72 Å². The average Bonchev–Trinajstić information content (AvgIpc) is 2.90. The number of halogens is 1. The van der Waals surface area contributed by atoms with E-state index in [-0.39, 0.29) is 29.9 Å². The molecule has 0 saturated carbocycles. The second kappa shape index (κ2) is 7.75. The van der Waals surface area contributed by atoms with Crippen molar-refractivity contribution in [1.82, 2.24) is 9.80 Å². The lowest BCUT2D eigenvalue weighted by Crippen LogP contribution is -2.31. The van der Waals surface area contributed by atoms with Crippen molar-refractivity contribution < 1.29 is 27.2 Å². The first-order valence-electron chi connectivity index (χ1n) is 8.77. The van der Waals surface area contributed by atoms with Gasteiger partial charge in [-0.25, -0.2) is 17.6 Å². The smallest absolute Gasteiger partial charge is 0.327 e. The first-order valence-corrected chi connectivity index (χ1v) is 10.2. The summed E-state index contributed by atoms with van der Waals surface area (Å²) in [6.07, 6.45) is 0. The minimum Gasteiger partial charge on any atom is -0.366 e. The number of benzene rings is 2. The molecule has 11 heteroatoms. The van der Waals surface area contributed by atoms with Gasteiger partial charge in [0.1, 0.15) is 17.3 Å². The lowest BCUT2D eigenvalue weighted by atomic mass is 10.1. The Morgan fingerprint density at radius 1 is 1.20 bits per heavy atom. The Morgan fingerprint density at radius 3 is 2.50 bits per heavy atom. The van der Waals surface area contributed by atoms with Gasteiger partial charge in [-0.1, -0.05) is 12.1 Å². The Morgan fingerprint density at radius 2 is 1.90 bits per heavy atom. The van der Waals surface area contributed by atoms with Gasteiger partial charge >= 0.3 is 6.03 Å². The summed E-state index contributed by atoms with van der Waals surface area (Å²) in [7, 11) is -2.92. The normalized spacial score (nSPS) is 14.4. The highest BCUT2D eigenvalue weighted by Gasteiger charge is 2.34. The van der Waals surface area contributed by atoms with Crippen molar-refractivity contribution >= 4 is 33.6 Å². The van der Waals surface area contributed by atoms with E-state index in [0.717, 1.165) is 17.0 Å². The van der Waals surface area contributed by atoms with Crippen molar-refractivity contribution in [2.45, 2.75) is 18.4 Å². The quantitative estimate of drug-likeness (QED) is 0.665. The van der Waals surface area contributed by atoms with Crippen LogP contribution in [0.5, 0.6) is 0 Å². The fraction of sp³-hybridized carbons (Fsp3) is 0.211. The summed E-state index contributed by atoms with van der Waals surface area (Å²) in [5.74, 6) is -2.22. The van der Waals surface area contributed by atoms with Crippen molar-refractivity contribution in [3.05, 3.63) is 58.9 Å². The third kappa shape index (κ3) is 4.10. The lowest BCUT2D eigenvalue weighted by molar-refractivity contribution is -0.125. The van der Waals surface area contributed by atoms with E-state index in [4.69, 9.17) is 5.73 Å². The molecular weight excluding hydrogens is 415 g/mol. The summed E-state index contributed by atoms with van der Waals surface area (Å²) < 4.78 is 42.0. The Hall–Kier alpha value is -3.47. The largest absolute Gasteiger partial charge is 0.366 e. The van der Waals surface area contributed by atoms with Crippen molar-refractivity contribution in [3.8, 4) is 0 Å².